The Labute approximate surface area is 174 Å². The highest BCUT2D eigenvalue weighted by Crippen LogP contribution is 2.25. The van der Waals surface area contributed by atoms with Crippen molar-refractivity contribution in [3.8, 4) is 11.5 Å². The van der Waals surface area contributed by atoms with Crippen LogP contribution in [0.25, 0.3) is 10.2 Å². The van der Waals surface area contributed by atoms with E-state index < -0.39 is 0 Å². The van der Waals surface area contributed by atoms with Crippen molar-refractivity contribution >= 4 is 27.5 Å². The lowest BCUT2D eigenvalue weighted by atomic mass is 10.1. The molecule has 0 aliphatic heterocycles. The molecule has 1 amide bonds. The molecule has 0 aliphatic carbocycles. The maximum atomic E-state index is 12.9. The summed E-state index contributed by atoms with van der Waals surface area (Å²) in [5, 5.41) is 0. The third-order valence-corrected chi connectivity index (χ3v) is 5.60. The van der Waals surface area contributed by atoms with Crippen molar-refractivity contribution in [3.63, 3.8) is 0 Å². The Morgan fingerprint density at radius 1 is 1.07 bits per heavy atom. The molecule has 0 bridgehead atoms. The zero-order valence-corrected chi connectivity index (χ0v) is 18.3. The average molecular weight is 415 g/mol. The van der Waals surface area contributed by atoms with E-state index in [0.717, 1.165) is 15.8 Å². The summed E-state index contributed by atoms with van der Waals surface area (Å²) < 4.78 is 19.3. The largest absolute Gasteiger partial charge is 0.497 e. The second kappa shape index (κ2) is 9.24. The van der Waals surface area contributed by atoms with Crippen molar-refractivity contribution in [2.24, 2.45) is 4.99 Å². The number of aryl methyl sites for hydroxylation is 2. The molecule has 29 heavy (non-hydrogen) atoms. The van der Waals surface area contributed by atoms with E-state index in [0.29, 0.717) is 41.6 Å². The standard InChI is InChI=1S/C22H26N2O4S/c1-6-28-8-7-24-20-15(3)9-14(2)10-19(20)29-22(24)23-21(25)16-11-17(26-4)13-18(12-16)27-5/h9-13H,6-8H2,1-5H3. The number of ether oxygens (including phenoxy) is 3. The van der Waals surface area contributed by atoms with E-state index in [1.54, 1.807) is 32.4 Å². The molecule has 6 nitrogen and oxygen atoms in total. The highest BCUT2D eigenvalue weighted by atomic mass is 32.1. The summed E-state index contributed by atoms with van der Waals surface area (Å²) in [4.78, 5) is 18.0. The molecule has 1 heterocycles. The summed E-state index contributed by atoms with van der Waals surface area (Å²) in [5.41, 5.74) is 3.85. The van der Waals surface area contributed by atoms with Crippen molar-refractivity contribution in [3.05, 3.63) is 51.8 Å². The fraction of sp³-hybridized carbons (Fsp3) is 0.364. The maximum absolute atomic E-state index is 12.9. The van der Waals surface area contributed by atoms with Crippen molar-refractivity contribution in [2.45, 2.75) is 27.3 Å². The number of thiazole rings is 1. The molecule has 3 rings (SSSR count). The molecule has 0 unspecified atom stereocenters. The Morgan fingerprint density at radius 2 is 1.76 bits per heavy atom. The second-order valence-corrected chi connectivity index (χ2v) is 7.69. The van der Waals surface area contributed by atoms with Crippen LogP contribution in [0.15, 0.2) is 35.3 Å². The van der Waals surface area contributed by atoms with Gasteiger partial charge in [0.25, 0.3) is 5.91 Å². The van der Waals surface area contributed by atoms with Crippen LogP contribution >= 0.6 is 11.3 Å². The number of amides is 1. The quantitative estimate of drug-likeness (QED) is 0.546. The monoisotopic (exact) mass is 414 g/mol. The lowest BCUT2D eigenvalue weighted by molar-refractivity contribution is 0.0996. The molecule has 0 radical (unpaired) electrons. The number of rotatable bonds is 7. The van der Waals surface area contributed by atoms with Gasteiger partial charge in [0.05, 0.1) is 31.0 Å². The lowest BCUT2D eigenvalue weighted by Crippen LogP contribution is -2.20. The van der Waals surface area contributed by atoms with Gasteiger partial charge in [-0.2, -0.15) is 4.99 Å². The fourth-order valence-electron chi connectivity index (χ4n) is 3.27. The minimum atomic E-state index is -0.340. The summed E-state index contributed by atoms with van der Waals surface area (Å²) in [7, 11) is 3.11. The molecule has 7 heteroatoms. The van der Waals surface area contributed by atoms with E-state index >= 15 is 0 Å². The molecule has 3 aromatic rings. The molecule has 0 spiro atoms. The van der Waals surface area contributed by atoms with E-state index in [-0.39, 0.29) is 5.91 Å². The van der Waals surface area contributed by atoms with Crippen LogP contribution in [0.2, 0.25) is 0 Å². The number of hydrogen-bond acceptors (Lipinski definition) is 5. The smallest absolute Gasteiger partial charge is 0.279 e. The third kappa shape index (κ3) is 4.68. The van der Waals surface area contributed by atoms with Crippen LogP contribution in [0, 0.1) is 13.8 Å². The molecule has 0 atom stereocenters. The molecular formula is C22H26N2O4S. The predicted molar refractivity (Wildman–Crippen MR) is 115 cm³/mol. The molecule has 154 valence electrons. The molecule has 0 N–H and O–H groups in total. The zero-order valence-electron chi connectivity index (χ0n) is 17.4. The molecule has 0 fully saturated rings. The van der Waals surface area contributed by atoms with Crippen LogP contribution in [0.5, 0.6) is 11.5 Å². The number of carbonyl (C=O) groups is 1. The summed E-state index contributed by atoms with van der Waals surface area (Å²) in [5.74, 6) is 0.762. The van der Waals surface area contributed by atoms with Crippen LogP contribution in [0.1, 0.15) is 28.4 Å². The first-order valence-corrected chi connectivity index (χ1v) is 10.3. The molecule has 1 aromatic heterocycles. The molecule has 0 saturated carbocycles. The molecule has 2 aromatic carbocycles. The Bertz CT molecular complexity index is 1080. The number of hydrogen-bond donors (Lipinski definition) is 0. The summed E-state index contributed by atoms with van der Waals surface area (Å²) in [6, 6.07) is 9.33. The minimum Gasteiger partial charge on any atom is -0.497 e. The predicted octanol–water partition coefficient (Wildman–Crippen LogP) is 4.11. The Balaban J connectivity index is 2.12. The molecule has 0 saturated heterocycles. The van der Waals surface area contributed by atoms with E-state index in [1.807, 2.05) is 6.92 Å². The first kappa shape index (κ1) is 21.1. The van der Waals surface area contributed by atoms with Gasteiger partial charge in [-0.15, -0.1) is 0 Å². The summed E-state index contributed by atoms with van der Waals surface area (Å²) in [6.45, 7) is 7.96. The van der Waals surface area contributed by atoms with Gasteiger partial charge in [0.1, 0.15) is 11.5 Å². The van der Waals surface area contributed by atoms with Gasteiger partial charge >= 0.3 is 0 Å². The second-order valence-electron chi connectivity index (χ2n) is 6.68. The van der Waals surface area contributed by atoms with Crippen molar-refractivity contribution in [1.29, 1.82) is 0 Å². The molecular weight excluding hydrogens is 388 g/mol. The SMILES string of the molecule is CCOCCn1c(=NC(=O)c2cc(OC)cc(OC)c2)sc2cc(C)cc(C)c21. The maximum Gasteiger partial charge on any atom is 0.279 e. The van der Waals surface area contributed by atoms with Gasteiger partial charge in [-0.1, -0.05) is 17.4 Å². The highest BCUT2D eigenvalue weighted by Gasteiger charge is 2.13. The van der Waals surface area contributed by atoms with Crippen molar-refractivity contribution in [1.82, 2.24) is 4.57 Å². The number of nitrogens with zero attached hydrogens (tertiary/aromatic N) is 2. The Hall–Kier alpha value is -2.64. The van der Waals surface area contributed by atoms with Crippen LogP contribution in [-0.4, -0.2) is 37.9 Å². The summed E-state index contributed by atoms with van der Waals surface area (Å²) in [6.07, 6.45) is 0. The first-order valence-electron chi connectivity index (χ1n) is 9.47. The lowest BCUT2D eigenvalue weighted by Gasteiger charge is -2.08. The normalized spacial score (nSPS) is 11.8. The number of methoxy groups -OCH3 is 2. The van der Waals surface area contributed by atoms with Gasteiger partial charge in [0.2, 0.25) is 0 Å². The third-order valence-electron chi connectivity index (χ3n) is 4.57. The van der Waals surface area contributed by atoms with Crippen LogP contribution < -0.4 is 14.3 Å². The van der Waals surface area contributed by atoms with Gasteiger partial charge in [-0.05, 0) is 50.1 Å². The number of benzene rings is 2. The van der Waals surface area contributed by atoms with Gasteiger partial charge in [0, 0.05) is 24.8 Å². The average Bonchev–Trinajstić information content (AvgIpc) is 3.04. The van der Waals surface area contributed by atoms with E-state index in [1.165, 1.54) is 16.9 Å². The number of fused-ring (bicyclic) bond motifs is 1. The first-order chi connectivity index (χ1) is 14.0. The van der Waals surface area contributed by atoms with Gasteiger partial charge < -0.3 is 18.8 Å². The van der Waals surface area contributed by atoms with Gasteiger partial charge in [0.15, 0.2) is 4.80 Å². The summed E-state index contributed by atoms with van der Waals surface area (Å²) >= 11 is 1.51. The van der Waals surface area contributed by atoms with E-state index in [2.05, 4.69) is 35.5 Å². The zero-order chi connectivity index (χ0) is 21.0. The van der Waals surface area contributed by atoms with Gasteiger partial charge in [-0.25, -0.2) is 0 Å². The Morgan fingerprint density at radius 3 is 2.38 bits per heavy atom. The fourth-order valence-corrected chi connectivity index (χ4v) is 4.50. The minimum absolute atomic E-state index is 0.340. The van der Waals surface area contributed by atoms with Crippen molar-refractivity contribution < 1.29 is 19.0 Å². The van der Waals surface area contributed by atoms with Crippen LogP contribution in [0.3, 0.4) is 0 Å². The number of carbonyl (C=O) groups excluding carboxylic acids is 1. The van der Waals surface area contributed by atoms with Crippen molar-refractivity contribution in [2.75, 3.05) is 27.4 Å². The number of aromatic nitrogens is 1. The van der Waals surface area contributed by atoms with E-state index in [4.69, 9.17) is 14.2 Å². The molecule has 0 aliphatic rings. The van der Waals surface area contributed by atoms with E-state index in [9.17, 15) is 4.79 Å². The van der Waals surface area contributed by atoms with Crippen LogP contribution in [0.4, 0.5) is 0 Å². The topological polar surface area (TPSA) is 62.1 Å². The van der Waals surface area contributed by atoms with Crippen LogP contribution in [-0.2, 0) is 11.3 Å². The highest BCUT2D eigenvalue weighted by molar-refractivity contribution is 7.16. The van der Waals surface area contributed by atoms with Gasteiger partial charge in [-0.3, -0.25) is 4.79 Å². The Kier molecular flexibility index (Phi) is 6.71.